The maximum absolute atomic E-state index is 12.5. The average molecular weight is 417 g/mol. The van der Waals surface area contributed by atoms with E-state index in [1.165, 1.54) is 6.07 Å². The van der Waals surface area contributed by atoms with Crippen molar-refractivity contribution in [2.75, 3.05) is 26.2 Å². The van der Waals surface area contributed by atoms with Crippen LogP contribution in [0.3, 0.4) is 0 Å². The lowest BCUT2D eigenvalue weighted by molar-refractivity contribution is -0.0882. The highest BCUT2D eigenvalue weighted by Gasteiger charge is 2.40. The molecule has 0 bridgehead atoms. The van der Waals surface area contributed by atoms with Gasteiger partial charge in [-0.05, 0) is 29.8 Å². The van der Waals surface area contributed by atoms with E-state index in [-0.39, 0.29) is 10.8 Å². The van der Waals surface area contributed by atoms with Crippen LogP contribution < -0.4 is 0 Å². The number of rotatable bonds is 4. The highest BCUT2D eigenvalue weighted by Crippen LogP contribution is 2.27. The van der Waals surface area contributed by atoms with Crippen LogP contribution in [0.5, 0.6) is 0 Å². The maximum Gasteiger partial charge on any atom is 0.455 e. The molecule has 2 heterocycles. The lowest BCUT2D eigenvalue weighted by Crippen LogP contribution is -2.48. The molecule has 1 aliphatic heterocycles. The number of hydrogen-bond donors (Lipinski definition) is 0. The molecule has 0 unspecified atom stereocenters. The summed E-state index contributed by atoms with van der Waals surface area (Å²) in [5.74, 6) is -2.26. The summed E-state index contributed by atoms with van der Waals surface area (Å²) in [6.45, 7) is 2.96. The third-order valence-electron chi connectivity index (χ3n) is 4.25. The molecular weight excluding hydrogens is 401 g/mol. The fourth-order valence-electron chi connectivity index (χ4n) is 2.87. The van der Waals surface area contributed by atoms with Crippen molar-refractivity contribution in [1.29, 1.82) is 0 Å². The highest BCUT2D eigenvalue weighted by atomic mass is 35.5. The summed E-state index contributed by atoms with van der Waals surface area (Å²) in [5.41, 5.74) is 1.08. The quantitative estimate of drug-likeness (QED) is 0.704. The number of thiophene rings is 1. The number of benzene rings is 1. The second kappa shape index (κ2) is 8.00. The summed E-state index contributed by atoms with van der Waals surface area (Å²) in [7, 11) is 0. The van der Waals surface area contributed by atoms with Crippen LogP contribution in [0.1, 0.15) is 24.9 Å². The lowest BCUT2D eigenvalue weighted by Gasteiger charge is -2.34. The van der Waals surface area contributed by atoms with Gasteiger partial charge in [0.1, 0.15) is 0 Å². The second-order valence-corrected chi connectivity index (χ2v) is 7.71. The lowest BCUT2D eigenvalue weighted by atomic mass is 10.2. The van der Waals surface area contributed by atoms with Gasteiger partial charge in [0.2, 0.25) is 0 Å². The minimum absolute atomic E-state index is 0.144. The molecule has 9 heteroatoms. The summed E-state index contributed by atoms with van der Waals surface area (Å²) in [6, 6.07) is 9.90. The van der Waals surface area contributed by atoms with Crippen LogP contribution in [-0.2, 0) is 6.54 Å². The van der Waals surface area contributed by atoms with E-state index < -0.39 is 16.8 Å². The van der Waals surface area contributed by atoms with E-state index in [2.05, 4.69) is 4.90 Å². The molecule has 1 aromatic carbocycles. The second-order valence-electron chi connectivity index (χ2n) is 6.19. The van der Waals surface area contributed by atoms with Crippen LogP contribution in [0.2, 0.25) is 5.02 Å². The van der Waals surface area contributed by atoms with E-state index in [1.807, 2.05) is 18.2 Å². The topological polar surface area (TPSA) is 40.6 Å². The molecular formula is C18H16ClF3N2O2S. The van der Waals surface area contributed by atoms with Gasteiger partial charge in [-0.25, -0.2) is 0 Å². The van der Waals surface area contributed by atoms with E-state index in [0.717, 1.165) is 11.6 Å². The normalized spacial score (nSPS) is 15.8. The summed E-state index contributed by atoms with van der Waals surface area (Å²) >= 11 is 6.57. The Hall–Kier alpha value is -1.90. The zero-order chi connectivity index (χ0) is 19.6. The number of amides is 1. The number of carbonyl (C=O) groups excluding carboxylic acids is 2. The van der Waals surface area contributed by atoms with Crippen LogP contribution in [0, 0.1) is 0 Å². The van der Waals surface area contributed by atoms with Crippen LogP contribution in [0.25, 0.3) is 0 Å². The van der Waals surface area contributed by atoms with Crippen molar-refractivity contribution < 1.29 is 22.8 Å². The number of ketones is 1. The zero-order valence-corrected chi connectivity index (χ0v) is 15.7. The molecule has 1 amide bonds. The van der Waals surface area contributed by atoms with Gasteiger partial charge in [-0.15, -0.1) is 11.3 Å². The summed E-state index contributed by atoms with van der Waals surface area (Å²) in [5, 5.41) is 0.670. The maximum atomic E-state index is 12.5. The van der Waals surface area contributed by atoms with Crippen molar-refractivity contribution in [1.82, 2.24) is 9.80 Å². The van der Waals surface area contributed by atoms with Crippen LogP contribution >= 0.6 is 22.9 Å². The molecule has 144 valence electrons. The fourth-order valence-corrected chi connectivity index (χ4v) is 4.02. The molecule has 0 N–H and O–H groups in total. The van der Waals surface area contributed by atoms with Gasteiger partial charge in [0.25, 0.3) is 11.7 Å². The Morgan fingerprint density at radius 3 is 2.33 bits per heavy atom. The van der Waals surface area contributed by atoms with Crippen molar-refractivity contribution in [3.8, 4) is 0 Å². The molecule has 0 atom stereocenters. The zero-order valence-electron chi connectivity index (χ0n) is 14.1. The van der Waals surface area contributed by atoms with Gasteiger partial charge in [-0.2, -0.15) is 13.2 Å². The molecule has 0 saturated carbocycles. The molecule has 0 radical (unpaired) electrons. The Labute approximate surface area is 163 Å². The van der Waals surface area contributed by atoms with Gasteiger partial charge >= 0.3 is 6.18 Å². The Morgan fingerprint density at radius 1 is 1.04 bits per heavy atom. The van der Waals surface area contributed by atoms with Gasteiger partial charge in [0.15, 0.2) is 0 Å². The van der Waals surface area contributed by atoms with Gasteiger partial charge in [0.05, 0.1) is 9.75 Å². The molecule has 27 heavy (non-hydrogen) atoms. The first-order valence-electron chi connectivity index (χ1n) is 8.21. The molecule has 0 aliphatic carbocycles. The number of hydrogen-bond acceptors (Lipinski definition) is 4. The monoisotopic (exact) mass is 416 g/mol. The van der Waals surface area contributed by atoms with Gasteiger partial charge < -0.3 is 4.90 Å². The summed E-state index contributed by atoms with van der Waals surface area (Å²) < 4.78 is 37.5. The van der Waals surface area contributed by atoms with Gasteiger partial charge in [-0.3, -0.25) is 14.5 Å². The van der Waals surface area contributed by atoms with Crippen molar-refractivity contribution >= 4 is 34.6 Å². The number of alkyl halides is 3. The predicted octanol–water partition coefficient (Wildman–Crippen LogP) is 4.10. The SMILES string of the molecule is O=C(c1ccc(C(=O)C(F)(F)F)s1)N1CCN(Cc2cccc(Cl)c2)CC1. The Kier molecular flexibility index (Phi) is 5.88. The molecule has 3 rings (SSSR count). The van der Waals surface area contributed by atoms with Crippen molar-refractivity contribution in [3.63, 3.8) is 0 Å². The number of piperazine rings is 1. The average Bonchev–Trinajstić information content (AvgIpc) is 3.10. The van der Waals surface area contributed by atoms with Gasteiger partial charge in [0, 0.05) is 37.7 Å². The molecule has 1 fully saturated rings. The molecule has 1 aromatic heterocycles. The minimum atomic E-state index is -4.93. The standard InChI is InChI=1S/C18H16ClF3N2O2S/c19-13-3-1-2-12(10-13)11-23-6-8-24(9-7-23)17(26)15-5-4-14(27-15)16(25)18(20,21)22/h1-5,10H,6-9,11H2. The summed E-state index contributed by atoms with van der Waals surface area (Å²) in [4.78, 5) is 27.2. The summed E-state index contributed by atoms with van der Waals surface area (Å²) in [6.07, 6.45) is -4.93. The minimum Gasteiger partial charge on any atom is -0.335 e. The predicted molar refractivity (Wildman–Crippen MR) is 97.3 cm³/mol. The van der Waals surface area contributed by atoms with Crippen LogP contribution in [0.15, 0.2) is 36.4 Å². The Balaban J connectivity index is 1.57. The first kappa shape index (κ1) is 19.9. The van der Waals surface area contributed by atoms with Gasteiger partial charge in [-0.1, -0.05) is 23.7 Å². The van der Waals surface area contributed by atoms with E-state index in [4.69, 9.17) is 11.6 Å². The Bertz CT molecular complexity index is 845. The van der Waals surface area contributed by atoms with E-state index in [0.29, 0.717) is 49.1 Å². The van der Waals surface area contributed by atoms with Crippen molar-refractivity contribution in [2.24, 2.45) is 0 Å². The van der Waals surface area contributed by atoms with Crippen molar-refractivity contribution in [2.45, 2.75) is 12.7 Å². The largest absolute Gasteiger partial charge is 0.455 e. The van der Waals surface area contributed by atoms with E-state index >= 15 is 0 Å². The number of nitrogens with zero attached hydrogens (tertiary/aromatic N) is 2. The number of carbonyl (C=O) groups is 2. The third-order valence-corrected chi connectivity index (χ3v) is 5.56. The molecule has 2 aromatic rings. The Morgan fingerprint density at radius 2 is 1.70 bits per heavy atom. The van der Waals surface area contributed by atoms with Crippen LogP contribution in [-0.4, -0.2) is 53.8 Å². The molecule has 1 aliphatic rings. The molecule has 1 saturated heterocycles. The smallest absolute Gasteiger partial charge is 0.335 e. The highest BCUT2D eigenvalue weighted by molar-refractivity contribution is 7.16. The van der Waals surface area contributed by atoms with E-state index in [9.17, 15) is 22.8 Å². The first-order chi connectivity index (χ1) is 12.7. The fraction of sp³-hybridized carbons (Fsp3) is 0.333. The van der Waals surface area contributed by atoms with Crippen molar-refractivity contribution in [3.05, 3.63) is 56.7 Å². The number of halogens is 4. The molecule has 0 spiro atoms. The van der Waals surface area contributed by atoms with Crippen LogP contribution in [0.4, 0.5) is 13.2 Å². The third kappa shape index (κ3) is 4.88. The molecule has 4 nitrogen and oxygen atoms in total. The van der Waals surface area contributed by atoms with E-state index in [1.54, 1.807) is 11.0 Å². The number of Topliss-reactive ketones (excluding diaryl/α,β-unsaturated/α-hetero) is 1. The first-order valence-corrected chi connectivity index (χ1v) is 9.41.